The quantitative estimate of drug-likeness (QED) is 0.631. The molecule has 0 atom stereocenters. The van der Waals surface area contributed by atoms with Crippen molar-refractivity contribution in [1.82, 2.24) is 0 Å². The van der Waals surface area contributed by atoms with Crippen molar-refractivity contribution in [1.29, 1.82) is 0 Å². The summed E-state index contributed by atoms with van der Waals surface area (Å²) in [5, 5.41) is 12.0. The van der Waals surface area contributed by atoms with Gasteiger partial charge >= 0.3 is 0 Å². The predicted octanol–water partition coefficient (Wildman–Crippen LogP) is 3.60. The summed E-state index contributed by atoms with van der Waals surface area (Å²) in [7, 11) is -4.02. The standard InChI is InChI=1S/C18H13F2NO4S2/c19-12-5-6-15(11(9-12)10-22)27(24,25)17-8-7-16(26-17)21-18(23)13-3-1-2-4-14(13)20/h1-9,22H,10H2,(H,21,23). The summed E-state index contributed by atoms with van der Waals surface area (Å²) >= 11 is 0.769. The Balaban J connectivity index is 1.89. The lowest BCUT2D eigenvalue weighted by molar-refractivity contribution is 0.102. The number of thiophene rings is 1. The Morgan fingerprint density at radius 1 is 1.07 bits per heavy atom. The smallest absolute Gasteiger partial charge is 0.259 e. The summed E-state index contributed by atoms with van der Waals surface area (Å²) in [6.45, 7) is -0.644. The van der Waals surface area contributed by atoms with Crippen LogP contribution in [0, 0.1) is 11.6 Å². The average Bonchev–Trinajstić information content (AvgIpc) is 3.11. The van der Waals surface area contributed by atoms with Gasteiger partial charge in [0.1, 0.15) is 15.8 Å². The highest BCUT2D eigenvalue weighted by Gasteiger charge is 2.24. The highest BCUT2D eigenvalue weighted by Crippen LogP contribution is 2.32. The monoisotopic (exact) mass is 409 g/mol. The van der Waals surface area contributed by atoms with Gasteiger partial charge in [-0.1, -0.05) is 12.1 Å². The van der Waals surface area contributed by atoms with Crippen LogP contribution >= 0.6 is 11.3 Å². The van der Waals surface area contributed by atoms with E-state index < -0.39 is 34.0 Å². The highest BCUT2D eigenvalue weighted by atomic mass is 32.2. The summed E-state index contributed by atoms with van der Waals surface area (Å²) in [5.41, 5.74) is -0.239. The second kappa shape index (κ2) is 7.55. The van der Waals surface area contributed by atoms with Crippen LogP contribution in [0.5, 0.6) is 0 Å². The van der Waals surface area contributed by atoms with Crippen molar-refractivity contribution in [2.24, 2.45) is 0 Å². The zero-order valence-electron chi connectivity index (χ0n) is 13.6. The number of anilines is 1. The van der Waals surface area contributed by atoms with E-state index in [9.17, 15) is 27.1 Å². The SMILES string of the molecule is O=C(Nc1ccc(S(=O)(=O)c2ccc(F)cc2CO)s1)c1ccccc1F. The van der Waals surface area contributed by atoms with Gasteiger partial charge in [-0.2, -0.15) is 0 Å². The second-order valence-electron chi connectivity index (χ2n) is 5.47. The van der Waals surface area contributed by atoms with E-state index in [4.69, 9.17) is 0 Å². The van der Waals surface area contributed by atoms with Crippen molar-refractivity contribution in [2.45, 2.75) is 15.7 Å². The number of carbonyl (C=O) groups is 1. The number of hydrogen-bond donors (Lipinski definition) is 2. The lowest BCUT2D eigenvalue weighted by Crippen LogP contribution is -2.12. The minimum absolute atomic E-state index is 0.0691. The Kier molecular flexibility index (Phi) is 5.36. The maximum absolute atomic E-state index is 13.7. The van der Waals surface area contributed by atoms with E-state index in [1.807, 2.05) is 0 Å². The van der Waals surface area contributed by atoms with E-state index in [0.29, 0.717) is 0 Å². The third-order valence-corrected chi connectivity index (χ3v) is 7.03. The fraction of sp³-hybridized carbons (Fsp3) is 0.0556. The van der Waals surface area contributed by atoms with Crippen LogP contribution in [0.3, 0.4) is 0 Å². The molecular formula is C18H13F2NO4S2. The van der Waals surface area contributed by atoms with E-state index in [2.05, 4.69) is 5.32 Å². The van der Waals surface area contributed by atoms with Gasteiger partial charge in [0.15, 0.2) is 0 Å². The van der Waals surface area contributed by atoms with E-state index in [0.717, 1.165) is 35.6 Å². The molecule has 0 aliphatic heterocycles. The number of sulfone groups is 1. The van der Waals surface area contributed by atoms with Gasteiger partial charge in [0.2, 0.25) is 9.84 Å². The predicted molar refractivity (Wildman–Crippen MR) is 96.4 cm³/mol. The lowest BCUT2D eigenvalue weighted by Gasteiger charge is -2.07. The fourth-order valence-electron chi connectivity index (χ4n) is 2.40. The molecule has 0 saturated heterocycles. The molecule has 0 radical (unpaired) electrons. The van der Waals surface area contributed by atoms with E-state index in [-0.39, 0.29) is 25.2 Å². The number of rotatable bonds is 5. The minimum Gasteiger partial charge on any atom is -0.392 e. The first-order valence-corrected chi connectivity index (χ1v) is 9.93. The van der Waals surface area contributed by atoms with Gasteiger partial charge < -0.3 is 10.4 Å². The van der Waals surface area contributed by atoms with E-state index >= 15 is 0 Å². The van der Waals surface area contributed by atoms with Crippen LogP contribution in [0.4, 0.5) is 13.8 Å². The van der Waals surface area contributed by atoms with Gasteiger partial charge in [0.25, 0.3) is 5.91 Å². The van der Waals surface area contributed by atoms with Crippen molar-refractivity contribution in [3.8, 4) is 0 Å². The summed E-state index contributed by atoms with van der Waals surface area (Å²) in [5.74, 6) is -2.07. The topological polar surface area (TPSA) is 83.5 Å². The van der Waals surface area contributed by atoms with Gasteiger partial charge in [-0.25, -0.2) is 17.2 Å². The van der Waals surface area contributed by atoms with Crippen molar-refractivity contribution < 1.29 is 27.1 Å². The molecule has 0 aliphatic rings. The Labute approximate surface area is 157 Å². The van der Waals surface area contributed by atoms with Crippen molar-refractivity contribution in [3.05, 3.63) is 77.4 Å². The third-order valence-electron chi connectivity index (χ3n) is 3.68. The normalized spacial score (nSPS) is 11.4. The van der Waals surface area contributed by atoms with E-state index in [1.54, 1.807) is 0 Å². The lowest BCUT2D eigenvalue weighted by atomic mass is 10.2. The zero-order chi connectivity index (χ0) is 19.6. The number of halogens is 2. The molecule has 9 heteroatoms. The molecule has 0 bridgehead atoms. The van der Waals surface area contributed by atoms with Crippen molar-refractivity contribution >= 4 is 32.1 Å². The van der Waals surface area contributed by atoms with Crippen LogP contribution in [0.15, 0.2) is 63.7 Å². The fourth-order valence-corrected chi connectivity index (χ4v) is 5.19. The summed E-state index contributed by atoms with van der Waals surface area (Å²) in [6, 6.07) is 11.1. The van der Waals surface area contributed by atoms with Gasteiger partial charge in [0, 0.05) is 0 Å². The van der Waals surface area contributed by atoms with Crippen LogP contribution in [-0.2, 0) is 16.4 Å². The Morgan fingerprint density at radius 3 is 2.52 bits per heavy atom. The van der Waals surface area contributed by atoms with E-state index in [1.165, 1.54) is 30.3 Å². The largest absolute Gasteiger partial charge is 0.392 e. The number of carbonyl (C=O) groups excluding carboxylic acids is 1. The van der Waals surface area contributed by atoms with Gasteiger partial charge in [0.05, 0.1) is 22.1 Å². The molecule has 3 aromatic rings. The molecule has 5 nitrogen and oxygen atoms in total. The molecule has 0 aliphatic carbocycles. The van der Waals surface area contributed by atoms with Crippen LogP contribution in [0.1, 0.15) is 15.9 Å². The number of aliphatic hydroxyl groups is 1. The molecule has 27 heavy (non-hydrogen) atoms. The first kappa shape index (κ1) is 19.2. The van der Waals surface area contributed by atoms with Crippen LogP contribution in [0.2, 0.25) is 0 Å². The molecule has 1 aromatic heterocycles. The molecule has 2 aromatic carbocycles. The third kappa shape index (κ3) is 3.90. The van der Waals surface area contributed by atoms with Crippen molar-refractivity contribution in [3.63, 3.8) is 0 Å². The molecule has 0 unspecified atom stereocenters. The molecule has 140 valence electrons. The van der Waals surface area contributed by atoms with Crippen molar-refractivity contribution in [2.75, 3.05) is 5.32 Å². The first-order valence-electron chi connectivity index (χ1n) is 7.63. The maximum Gasteiger partial charge on any atom is 0.259 e. The van der Waals surface area contributed by atoms with Crippen LogP contribution < -0.4 is 5.32 Å². The van der Waals surface area contributed by atoms with Gasteiger partial charge in [-0.05, 0) is 48.0 Å². The molecular weight excluding hydrogens is 396 g/mol. The number of aliphatic hydroxyl groups excluding tert-OH is 1. The molecule has 0 saturated carbocycles. The molecule has 0 spiro atoms. The zero-order valence-corrected chi connectivity index (χ0v) is 15.3. The maximum atomic E-state index is 13.7. The van der Waals surface area contributed by atoms with Crippen LogP contribution in [0.25, 0.3) is 0 Å². The average molecular weight is 409 g/mol. The molecule has 3 rings (SSSR count). The Bertz CT molecular complexity index is 1110. The molecule has 2 N–H and O–H groups in total. The number of nitrogens with one attached hydrogen (secondary N) is 1. The van der Waals surface area contributed by atoms with Crippen LogP contribution in [-0.4, -0.2) is 19.4 Å². The highest BCUT2D eigenvalue weighted by molar-refractivity contribution is 7.93. The first-order chi connectivity index (χ1) is 12.8. The molecule has 1 heterocycles. The molecule has 0 fully saturated rings. The number of benzene rings is 2. The second-order valence-corrected chi connectivity index (χ2v) is 8.69. The summed E-state index contributed by atoms with van der Waals surface area (Å²) in [4.78, 5) is 11.9. The summed E-state index contributed by atoms with van der Waals surface area (Å²) in [6.07, 6.45) is 0. The summed E-state index contributed by atoms with van der Waals surface area (Å²) < 4.78 is 52.4. The van der Waals surface area contributed by atoms with Gasteiger partial charge in [-0.15, -0.1) is 11.3 Å². The van der Waals surface area contributed by atoms with Gasteiger partial charge in [-0.3, -0.25) is 4.79 Å². The Morgan fingerprint density at radius 2 is 1.81 bits per heavy atom. The minimum atomic E-state index is -4.02. The number of amides is 1. The Hall–Kier alpha value is -2.62. The number of hydrogen-bond acceptors (Lipinski definition) is 5. The molecule has 1 amide bonds.